The molecular formula is C26H50O3. The zero-order chi connectivity index (χ0) is 21.4. The first-order valence-corrected chi connectivity index (χ1v) is 12.6. The summed E-state index contributed by atoms with van der Waals surface area (Å²) in [5.41, 5.74) is 0. The molecule has 0 bridgehead atoms. The summed E-state index contributed by atoms with van der Waals surface area (Å²) in [5.74, 6) is -0.226. The molecule has 0 N–H and O–H groups in total. The van der Waals surface area contributed by atoms with E-state index in [1.807, 2.05) is 0 Å². The molecule has 3 heteroatoms. The van der Waals surface area contributed by atoms with E-state index in [-0.39, 0.29) is 12.6 Å². The Morgan fingerprint density at radius 2 is 1.17 bits per heavy atom. The van der Waals surface area contributed by atoms with E-state index in [1.165, 1.54) is 83.5 Å². The zero-order valence-electron chi connectivity index (χ0n) is 19.7. The number of rotatable bonds is 23. The molecule has 0 aromatic heterocycles. The summed E-state index contributed by atoms with van der Waals surface area (Å²) in [5, 5.41) is 0. The second-order valence-electron chi connectivity index (χ2n) is 8.37. The summed E-state index contributed by atoms with van der Waals surface area (Å²) >= 11 is 0. The van der Waals surface area contributed by atoms with Crippen LogP contribution in [0.25, 0.3) is 0 Å². The van der Waals surface area contributed by atoms with Gasteiger partial charge in [0.25, 0.3) is 0 Å². The van der Waals surface area contributed by atoms with Crippen LogP contribution in [0.4, 0.5) is 0 Å². The normalized spacial score (nSPS) is 12.1. The van der Waals surface area contributed by atoms with Gasteiger partial charge in [-0.3, -0.25) is 0 Å². The number of ether oxygens (including phenoxy) is 2. The van der Waals surface area contributed by atoms with E-state index in [2.05, 4.69) is 20.4 Å². The molecule has 0 fully saturated rings. The highest BCUT2D eigenvalue weighted by atomic mass is 16.6. The lowest BCUT2D eigenvalue weighted by molar-refractivity contribution is -0.156. The molecule has 0 spiro atoms. The van der Waals surface area contributed by atoms with Crippen molar-refractivity contribution in [3.05, 3.63) is 12.7 Å². The second-order valence-corrected chi connectivity index (χ2v) is 8.37. The van der Waals surface area contributed by atoms with Crippen LogP contribution >= 0.6 is 0 Å². The number of hydrogen-bond acceptors (Lipinski definition) is 3. The minimum atomic E-state index is -0.399. The van der Waals surface area contributed by atoms with Crippen molar-refractivity contribution in [3.8, 4) is 0 Å². The fourth-order valence-corrected chi connectivity index (χ4v) is 3.61. The van der Waals surface area contributed by atoms with Gasteiger partial charge in [-0.15, -0.1) is 0 Å². The van der Waals surface area contributed by atoms with Crippen molar-refractivity contribution in [2.24, 2.45) is 0 Å². The Hall–Kier alpha value is -0.830. The van der Waals surface area contributed by atoms with Crippen LogP contribution in [-0.4, -0.2) is 25.3 Å². The molecule has 0 aromatic rings. The molecule has 0 radical (unpaired) electrons. The van der Waals surface area contributed by atoms with E-state index in [4.69, 9.17) is 9.47 Å². The predicted octanol–water partition coefficient (Wildman–Crippen LogP) is 8.16. The van der Waals surface area contributed by atoms with Crippen LogP contribution in [0, 0.1) is 0 Å². The van der Waals surface area contributed by atoms with Gasteiger partial charge in [0.05, 0.1) is 0 Å². The van der Waals surface area contributed by atoms with E-state index in [0.717, 1.165) is 32.1 Å². The van der Waals surface area contributed by atoms with E-state index < -0.39 is 6.10 Å². The van der Waals surface area contributed by atoms with E-state index in [1.54, 1.807) is 6.08 Å². The lowest BCUT2D eigenvalue weighted by Gasteiger charge is -2.16. The molecule has 0 aliphatic rings. The maximum atomic E-state index is 12.1. The number of unbranched alkanes of at least 4 members (excludes halogenated alkanes) is 15. The Labute approximate surface area is 182 Å². The van der Waals surface area contributed by atoms with Crippen molar-refractivity contribution in [2.45, 2.75) is 136 Å². The van der Waals surface area contributed by atoms with Gasteiger partial charge >= 0.3 is 5.97 Å². The van der Waals surface area contributed by atoms with E-state index in [9.17, 15) is 4.79 Å². The second kappa shape index (κ2) is 23.4. The number of carbonyl (C=O) groups is 1. The highest BCUT2D eigenvalue weighted by Crippen LogP contribution is 2.15. The minimum absolute atomic E-state index is 0.226. The molecule has 172 valence electrons. The summed E-state index contributed by atoms with van der Waals surface area (Å²) in [6.07, 6.45) is 24.1. The standard InChI is InChI=1S/C26H50O3/c1-4-7-9-10-11-12-13-14-15-16-17-18-19-20-22-25(26(27)29-23-6-3)28-24-21-8-5-2/h6,25H,3-5,7-24H2,1-2H3. The third-order valence-electron chi connectivity index (χ3n) is 5.49. The van der Waals surface area contributed by atoms with Gasteiger partial charge in [-0.1, -0.05) is 129 Å². The summed E-state index contributed by atoms with van der Waals surface area (Å²) in [6, 6.07) is 0. The highest BCUT2D eigenvalue weighted by molar-refractivity contribution is 5.74. The smallest absolute Gasteiger partial charge is 0.335 e. The Morgan fingerprint density at radius 1 is 0.724 bits per heavy atom. The Bertz CT molecular complexity index is 354. The quantitative estimate of drug-likeness (QED) is 0.0968. The first-order valence-electron chi connectivity index (χ1n) is 12.6. The Kier molecular flexibility index (Phi) is 22.8. The van der Waals surface area contributed by atoms with Crippen molar-refractivity contribution >= 4 is 5.97 Å². The van der Waals surface area contributed by atoms with Crippen molar-refractivity contribution in [1.29, 1.82) is 0 Å². The minimum Gasteiger partial charge on any atom is -0.460 e. The molecule has 0 aromatic carbocycles. The highest BCUT2D eigenvalue weighted by Gasteiger charge is 2.19. The van der Waals surface area contributed by atoms with Gasteiger partial charge < -0.3 is 9.47 Å². The fourth-order valence-electron chi connectivity index (χ4n) is 3.61. The van der Waals surface area contributed by atoms with Gasteiger partial charge in [-0.2, -0.15) is 0 Å². The molecule has 0 rings (SSSR count). The van der Waals surface area contributed by atoms with Crippen LogP contribution < -0.4 is 0 Å². The predicted molar refractivity (Wildman–Crippen MR) is 125 cm³/mol. The van der Waals surface area contributed by atoms with Gasteiger partial charge in [0.2, 0.25) is 0 Å². The Morgan fingerprint density at radius 3 is 1.66 bits per heavy atom. The van der Waals surface area contributed by atoms with Gasteiger partial charge in [-0.25, -0.2) is 4.79 Å². The van der Waals surface area contributed by atoms with Gasteiger partial charge in [0.1, 0.15) is 6.61 Å². The van der Waals surface area contributed by atoms with Crippen molar-refractivity contribution in [1.82, 2.24) is 0 Å². The van der Waals surface area contributed by atoms with Gasteiger partial charge in [0.15, 0.2) is 6.10 Å². The molecule has 0 saturated heterocycles. The monoisotopic (exact) mass is 410 g/mol. The summed E-state index contributed by atoms with van der Waals surface area (Å²) < 4.78 is 11.0. The third kappa shape index (κ3) is 20.2. The van der Waals surface area contributed by atoms with Gasteiger partial charge in [-0.05, 0) is 12.8 Å². The average Bonchev–Trinajstić information content (AvgIpc) is 2.73. The molecule has 0 heterocycles. The summed E-state index contributed by atoms with van der Waals surface area (Å²) in [4.78, 5) is 12.1. The van der Waals surface area contributed by atoms with Crippen LogP contribution in [-0.2, 0) is 14.3 Å². The number of hydrogen-bond donors (Lipinski definition) is 0. The third-order valence-corrected chi connectivity index (χ3v) is 5.49. The van der Waals surface area contributed by atoms with Crippen LogP contribution in [0.3, 0.4) is 0 Å². The Balaban J connectivity index is 3.62. The molecule has 1 unspecified atom stereocenters. The number of esters is 1. The topological polar surface area (TPSA) is 35.5 Å². The number of carbonyl (C=O) groups excluding carboxylic acids is 1. The maximum Gasteiger partial charge on any atom is 0.335 e. The van der Waals surface area contributed by atoms with Crippen LogP contribution in [0.2, 0.25) is 0 Å². The first-order chi connectivity index (χ1) is 14.3. The summed E-state index contributed by atoms with van der Waals surface area (Å²) in [7, 11) is 0. The van der Waals surface area contributed by atoms with Crippen LogP contribution in [0.5, 0.6) is 0 Å². The largest absolute Gasteiger partial charge is 0.460 e. The zero-order valence-corrected chi connectivity index (χ0v) is 19.7. The molecule has 29 heavy (non-hydrogen) atoms. The lowest BCUT2D eigenvalue weighted by atomic mass is 10.0. The van der Waals surface area contributed by atoms with Crippen LogP contribution in [0.1, 0.15) is 129 Å². The van der Waals surface area contributed by atoms with Crippen molar-refractivity contribution in [3.63, 3.8) is 0 Å². The maximum absolute atomic E-state index is 12.1. The van der Waals surface area contributed by atoms with Gasteiger partial charge in [0, 0.05) is 6.61 Å². The van der Waals surface area contributed by atoms with Crippen molar-refractivity contribution < 1.29 is 14.3 Å². The fraction of sp³-hybridized carbons (Fsp3) is 0.885. The summed E-state index contributed by atoms with van der Waals surface area (Å²) in [6.45, 7) is 8.97. The SMILES string of the molecule is C=CCOC(=O)C(CCCCCCCCCCCCCCCC)OCCCCC. The molecule has 0 aliphatic heterocycles. The first kappa shape index (κ1) is 28.2. The van der Waals surface area contributed by atoms with Crippen LogP contribution in [0.15, 0.2) is 12.7 Å². The van der Waals surface area contributed by atoms with Crippen molar-refractivity contribution in [2.75, 3.05) is 13.2 Å². The molecule has 1 atom stereocenters. The van der Waals surface area contributed by atoms with E-state index >= 15 is 0 Å². The molecular weight excluding hydrogens is 360 g/mol. The molecule has 3 nitrogen and oxygen atoms in total. The molecule has 0 aliphatic carbocycles. The lowest BCUT2D eigenvalue weighted by Crippen LogP contribution is -2.27. The molecule has 0 amide bonds. The molecule has 0 saturated carbocycles. The average molecular weight is 411 g/mol. The van der Waals surface area contributed by atoms with E-state index in [0.29, 0.717) is 6.61 Å².